The molecule has 0 aliphatic carbocycles. The van der Waals surface area contributed by atoms with Crippen molar-refractivity contribution < 1.29 is 14.4 Å². The number of hydrogen-bond acceptors (Lipinski definition) is 3. The van der Waals surface area contributed by atoms with Crippen LogP contribution in [0.5, 0.6) is 0 Å². The first-order chi connectivity index (χ1) is 12.3. The van der Waals surface area contributed by atoms with Crippen LogP contribution < -0.4 is 10.6 Å². The average molecular weight is 352 g/mol. The van der Waals surface area contributed by atoms with E-state index in [4.69, 9.17) is 0 Å². The fourth-order valence-electron chi connectivity index (χ4n) is 2.65. The van der Waals surface area contributed by atoms with E-state index in [1.165, 1.54) is 0 Å². The minimum atomic E-state index is -0.251. The third-order valence-corrected chi connectivity index (χ3v) is 4.49. The van der Waals surface area contributed by atoms with E-state index in [2.05, 4.69) is 10.6 Å². The molecule has 5 heteroatoms. The molecule has 0 aromatic heterocycles. The van der Waals surface area contributed by atoms with Crippen LogP contribution in [0, 0.1) is 20.8 Å². The smallest absolute Gasteiger partial charge is 0.251 e. The molecule has 2 aromatic rings. The van der Waals surface area contributed by atoms with Gasteiger partial charge in [-0.15, -0.1) is 0 Å². The molecular weight excluding hydrogens is 328 g/mol. The minimum absolute atomic E-state index is 0.0564. The van der Waals surface area contributed by atoms with Gasteiger partial charge < -0.3 is 10.6 Å². The molecule has 136 valence electrons. The third kappa shape index (κ3) is 4.57. The maximum atomic E-state index is 12.3. The highest BCUT2D eigenvalue weighted by molar-refractivity contribution is 6.01. The van der Waals surface area contributed by atoms with Gasteiger partial charge in [-0.2, -0.15) is 0 Å². The lowest BCUT2D eigenvalue weighted by atomic mass is 10.0. The number of anilines is 1. The first kappa shape index (κ1) is 19.4. The van der Waals surface area contributed by atoms with Gasteiger partial charge in [0.25, 0.3) is 5.91 Å². The molecule has 0 saturated carbocycles. The number of aryl methyl sites for hydroxylation is 2. The van der Waals surface area contributed by atoms with Crippen molar-refractivity contribution in [2.45, 2.75) is 33.6 Å². The van der Waals surface area contributed by atoms with Crippen LogP contribution in [-0.4, -0.2) is 24.6 Å². The van der Waals surface area contributed by atoms with Crippen LogP contribution in [0.1, 0.15) is 50.2 Å². The van der Waals surface area contributed by atoms with Crippen LogP contribution in [0.4, 0.5) is 5.69 Å². The van der Waals surface area contributed by atoms with Crippen LogP contribution in [0.25, 0.3) is 0 Å². The highest BCUT2D eigenvalue weighted by Crippen LogP contribution is 2.19. The topological polar surface area (TPSA) is 75.3 Å². The standard InChI is InChI=1S/C21H24N2O3/c1-13-8-9-16(12-14(13)2)19(24)10-11-20(25)23-18-7-5-6-17(15(18)3)21(26)22-4/h5-9,12H,10-11H2,1-4H3,(H,22,26)(H,23,25). The summed E-state index contributed by atoms with van der Waals surface area (Å²) in [6.45, 7) is 5.73. The van der Waals surface area contributed by atoms with Crippen molar-refractivity contribution in [3.63, 3.8) is 0 Å². The number of amides is 2. The van der Waals surface area contributed by atoms with Crippen molar-refractivity contribution in [2.75, 3.05) is 12.4 Å². The molecule has 0 heterocycles. The molecule has 0 aliphatic heterocycles. The largest absolute Gasteiger partial charge is 0.355 e. The lowest BCUT2D eigenvalue weighted by Gasteiger charge is -2.12. The Labute approximate surface area is 153 Å². The Morgan fingerprint density at radius 1 is 0.923 bits per heavy atom. The SMILES string of the molecule is CNC(=O)c1cccc(NC(=O)CCC(=O)c2ccc(C)c(C)c2)c1C. The molecule has 0 spiro atoms. The number of carbonyl (C=O) groups is 3. The molecule has 2 amide bonds. The zero-order valence-electron chi connectivity index (χ0n) is 15.6. The van der Waals surface area contributed by atoms with Crippen molar-refractivity contribution in [3.8, 4) is 0 Å². The zero-order valence-corrected chi connectivity index (χ0v) is 15.6. The molecule has 0 atom stereocenters. The minimum Gasteiger partial charge on any atom is -0.355 e. The molecule has 2 rings (SSSR count). The zero-order chi connectivity index (χ0) is 19.3. The number of ketones is 1. The van der Waals surface area contributed by atoms with E-state index in [9.17, 15) is 14.4 Å². The highest BCUT2D eigenvalue weighted by atomic mass is 16.2. The first-order valence-electron chi connectivity index (χ1n) is 8.55. The number of Topliss-reactive ketones (excluding diaryl/α,β-unsaturated/α-hetero) is 1. The monoisotopic (exact) mass is 352 g/mol. The Balaban J connectivity index is 2.00. The second-order valence-electron chi connectivity index (χ2n) is 6.33. The molecule has 0 fully saturated rings. The van der Waals surface area contributed by atoms with Crippen LogP contribution in [0.3, 0.4) is 0 Å². The van der Waals surface area contributed by atoms with Crippen LogP contribution in [0.15, 0.2) is 36.4 Å². The fourth-order valence-corrected chi connectivity index (χ4v) is 2.65. The second-order valence-corrected chi connectivity index (χ2v) is 6.33. The van der Waals surface area contributed by atoms with Gasteiger partial charge in [0.1, 0.15) is 0 Å². The molecular formula is C21H24N2O3. The van der Waals surface area contributed by atoms with Crippen LogP contribution in [0.2, 0.25) is 0 Å². The van der Waals surface area contributed by atoms with Crippen LogP contribution in [-0.2, 0) is 4.79 Å². The first-order valence-corrected chi connectivity index (χ1v) is 8.55. The Morgan fingerprint density at radius 3 is 2.31 bits per heavy atom. The summed E-state index contributed by atoms with van der Waals surface area (Å²) in [6, 6.07) is 10.7. The number of carbonyl (C=O) groups excluding carboxylic acids is 3. The molecule has 26 heavy (non-hydrogen) atoms. The molecule has 0 radical (unpaired) electrons. The van der Waals surface area contributed by atoms with E-state index in [1.807, 2.05) is 26.0 Å². The molecule has 0 saturated heterocycles. The van der Waals surface area contributed by atoms with Gasteiger partial charge >= 0.3 is 0 Å². The summed E-state index contributed by atoms with van der Waals surface area (Å²) in [5.74, 6) is -0.512. The fraction of sp³-hybridized carbons (Fsp3) is 0.286. The maximum Gasteiger partial charge on any atom is 0.251 e. The van der Waals surface area contributed by atoms with E-state index in [-0.39, 0.29) is 30.4 Å². The Morgan fingerprint density at radius 2 is 1.65 bits per heavy atom. The quantitative estimate of drug-likeness (QED) is 0.781. The normalized spacial score (nSPS) is 10.3. The lowest BCUT2D eigenvalue weighted by Crippen LogP contribution is -2.20. The van der Waals surface area contributed by atoms with Crippen molar-refractivity contribution in [1.29, 1.82) is 0 Å². The van der Waals surface area contributed by atoms with Crippen LogP contribution >= 0.6 is 0 Å². The van der Waals surface area contributed by atoms with E-state index < -0.39 is 0 Å². The summed E-state index contributed by atoms with van der Waals surface area (Å²) in [5, 5.41) is 5.36. The van der Waals surface area contributed by atoms with Gasteiger partial charge in [0.05, 0.1) is 0 Å². The van der Waals surface area contributed by atoms with Gasteiger partial charge in [0.2, 0.25) is 5.91 Å². The predicted octanol–water partition coefficient (Wildman–Crippen LogP) is 3.57. The molecule has 0 aliphatic rings. The molecule has 2 aromatic carbocycles. The van der Waals surface area contributed by atoms with Gasteiger partial charge in [0, 0.05) is 36.7 Å². The summed E-state index contributed by atoms with van der Waals surface area (Å²) in [5.41, 5.74) is 4.60. The molecule has 2 N–H and O–H groups in total. The summed E-state index contributed by atoms with van der Waals surface area (Å²) >= 11 is 0. The van der Waals surface area contributed by atoms with Gasteiger partial charge in [-0.25, -0.2) is 0 Å². The number of benzene rings is 2. The summed E-state index contributed by atoms with van der Waals surface area (Å²) in [6.07, 6.45) is 0.234. The van der Waals surface area contributed by atoms with E-state index in [0.717, 1.165) is 11.1 Å². The summed E-state index contributed by atoms with van der Waals surface area (Å²) in [4.78, 5) is 36.3. The van der Waals surface area contributed by atoms with E-state index in [0.29, 0.717) is 22.4 Å². The molecule has 0 bridgehead atoms. The average Bonchev–Trinajstić information content (AvgIpc) is 2.63. The Bertz CT molecular complexity index is 856. The number of rotatable bonds is 6. The van der Waals surface area contributed by atoms with Crippen molar-refractivity contribution in [1.82, 2.24) is 5.32 Å². The molecule has 0 unspecified atom stereocenters. The van der Waals surface area contributed by atoms with Gasteiger partial charge in [-0.1, -0.05) is 18.2 Å². The van der Waals surface area contributed by atoms with Gasteiger partial charge in [0.15, 0.2) is 5.78 Å². The number of nitrogens with one attached hydrogen (secondary N) is 2. The van der Waals surface area contributed by atoms with E-state index >= 15 is 0 Å². The third-order valence-electron chi connectivity index (χ3n) is 4.49. The maximum absolute atomic E-state index is 12.3. The summed E-state index contributed by atoms with van der Waals surface area (Å²) in [7, 11) is 1.56. The van der Waals surface area contributed by atoms with Gasteiger partial charge in [-0.3, -0.25) is 14.4 Å². The Hall–Kier alpha value is -2.95. The van der Waals surface area contributed by atoms with Crippen molar-refractivity contribution in [2.24, 2.45) is 0 Å². The Kier molecular flexibility index (Phi) is 6.28. The molecule has 5 nitrogen and oxygen atoms in total. The van der Waals surface area contributed by atoms with Crippen molar-refractivity contribution >= 4 is 23.3 Å². The highest BCUT2D eigenvalue weighted by Gasteiger charge is 2.14. The summed E-state index contributed by atoms with van der Waals surface area (Å²) < 4.78 is 0. The lowest BCUT2D eigenvalue weighted by molar-refractivity contribution is -0.116. The van der Waals surface area contributed by atoms with E-state index in [1.54, 1.807) is 38.2 Å². The number of hydrogen-bond donors (Lipinski definition) is 2. The second kappa shape index (κ2) is 8.43. The predicted molar refractivity (Wildman–Crippen MR) is 103 cm³/mol. The van der Waals surface area contributed by atoms with Gasteiger partial charge in [-0.05, 0) is 55.7 Å². The van der Waals surface area contributed by atoms with Crippen molar-refractivity contribution in [3.05, 3.63) is 64.2 Å².